The van der Waals surface area contributed by atoms with Gasteiger partial charge in [-0.15, -0.1) is 0 Å². The number of amides is 3. The van der Waals surface area contributed by atoms with Crippen LogP contribution < -0.4 is 5.32 Å². The van der Waals surface area contributed by atoms with Crippen molar-refractivity contribution in [3.05, 3.63) is 180 Å². The molecule has 12 rings (SSSR count). The maximum absolute atomic E-state index is 15.4. The molecule has 8 aromatic rings. The average Bonchev–Trinajstić information content (AvgIpc) is 1.73. The third-order valence-corrected chi connectivity index (χ3v) is 18.2. The summed E-state index contributed by atoms with van der Waals surface area (Å²) in [6.45, 7) is 15.8. The van der Waals surface area contributed by atoms with Crippen molar-refractivity contribution in [1.82, 2.24) is 29.2 Å². The molecule has 4 atom stereocenters. The zero-order chi connectivity index (χ0) is 69.1. The van der Waals surface area contributed by atoms with E-state index < -0.39 is 41.2 Å². The highest BCUT2D eigenvalue weighted by Gasteiger charge is 2.44. The Balaban J connectivity index is 0.000000176. The molecule has 19 heteroatoms. The van der Waals surface area contributed by atoms with Crippen molar-refractivity contribution in [3.63, 3.8) is 0 Å². The Hall–Kier alpha value is -8.78. The maximum atomic E-state index is 15.4. The average molecular weight is 1330 g/mol. The minimum atomic E-state index is -0.965. The molecule has 6 aromatic carbocycles. The van der Waals surface area contributed by atoms with Crippen LogP contribution in [0, 0.1) is 23.5 Å². The van der Waals surface area contributed by atoms with Gasteiger partial charge in [-0.2, -0.15) is 0 Å². The van der Waals surface area contributed by atoms with Crippen LogP contribution in [0.4, 0.5) is 18.4 Å². The summed E-state index contributed by atoms with van der Waals surface area (Å²) in [6, 6.07) is 41.3. The highest BCUT2D eigenvalue weighted by atomic mass is 19.1. The fraction of sp³-hybridized carbons (Fsp3) is 0.436. The number of phenolic OH excluding ortho intramolecular Hbond substituents is 2. The fourth-order valence-corrected chi connectivity index (χ4v) is 13.4. The molecule has 516 valence electrons. The number of aromatic nitrogens is 2. The van der Waals surface area contributed by atoms with E-state index in [-0.39, 0.29) is 66.6 Å². The number of fused-ring (bicyclic) bond motifs is 2. The number of carbonyl (C=O) groups excluding carboxylic acids is 3. The van der Waals surface area contributed by atoms with Crippen molar-refractivity contribution >= 4 is 45.9 Å². The summed E-state index contributed by atoms with van der Waals surface area (Å²) in [4.78, 5) is 57.5. The fourth-order valence-electron chi connectivity index (χ4n) is 13.4. The summed E-state index contributed by atoms with van der Waals surface area (Å²) in [5.74, 6) is -3.16. The molecule has 4 N–H and O–H groups in total. The molecule has 3 amide bonds. The minimum absolute atomic E-state index is 0.0396. The predicted molar refractivity (Wildman–Crippen MR) is 372 cm³/mol. The van der Waals surface area contributed by atoms with E-state index >= 15 is 4.39 Å². The first-order chi connectivity index (χ1) is 46.4. The number of nitrogens with one attached hydrogen (secondary N) is 1. The van der Waals surface area contributed by atoms with E-state index in [1.165, 1.54) is 23.8 Å². The number of nitrogens with zero attached hydrogens (tertiary/aromatic N) is 5. The Bertz CT molecular complexity index is 4000. The molecular formula is C78H94F2N6O11. The second-order valence-corrected chi connectivity index (χ2v) is 28.1. The molecule has 2 aliphatic carbocycles. The lowest BCUT2D eigenvalue weighted by molar-refractivity contribution is -0.144. The molecule has 97 heavy (non-hydrogen) atoms. The molecule has 0 bridgehead atoms. The number of likely N-dealkylation sites (tertiary alicyclic amines) is 2. The van der Waals surface area contributed by atoms with Crippen molar-refractivity contribution in [1.29, 1.82) is 0 Å². The van der Waals surface area contributed by atoms with Crippen LogP contribution in [0.25, 0.3) is 44.1 Å². The summed E-state index contributed by atoms with van der Waals surface area (Å²) >= 11 is 0. The van der Waals surface area contributed by atoms with E-state index in [1.54, 1.807) is 82.4 Å². The van der Waals surface area contributed by atoms with E-state index in [4.69, 9.17) is 18.9 Å². The number of benzene rings is 6. The van der Waals surface area contributed by atoms with Gasteiger partial charge in [0, 0.05) is 121 Å². The molecule has 0 spiro atoms. The normalized spacial score (nSPS) is 18.0. The van der Waals surface area contributed by atoms with Crippen LogP contribution in [0.3, 0.4) is 0 Å². The van der Waals surface area contributed by atoms with Gasteiger partial charge in [-0.1, -0.05) is 84.9 Å². The van der Waals surface area contributed by atoms with Gasteiger partial charge in [-0.25, -0.2) is 18.4 Å². The van der Waals surface area contributed by atoms with Crippen LogP contribution in [0.5, 0.6) is 11.5 Å². The van der Waals surface area contributed by atoms with Crippen molar-refractivity contribution in [2.45, 2.75) is 154 Å². The smallest absolute Gasteiger partial charge is 0.410 e. The van der Waals surface area contributed by atoms with Gasteiger partial charge in [0.1, 0.15) is 34.3 Å². The zero-order valence-electron chi connectivity index (χ0n) is 57.1. The number of carbonyl (C=O) groups is 4. The maximum Gasteiger partial charge on any atom is 0.410 e. The predicted octanol–water partition coefficient (Wildman–Crippen LogP) is 15.3. The Morgan fingerprint density at radius 1 is 0.557 bits per heavy atom. The number of ether oxygens (including phenoxy) is 4. The zero-order valence-corrected chi connectivity index (χ0v) is 57.1. The monoisotopic (exact) mass is 1330 g/mol. The van der Waals surface area contributed by atoms with Gasteiger partial charge in [0.15, 0.2) is 0 Å². The number of halogens is 2. The number of hydrogen-bond donors (Lipinski definition) is 4. The molecule has 4 aliphatic rings. The van der Waals surface area contributed by atoms with Crippen LogP contribution in [0.15, 0.2) is 146 Å². The topological polar surface area (TPSA) is 198 Å². The first kappa shape index (κ1) is 71.0. The SMILES string of the molecule is CC(C)(C)OC(=O)N1CC[C@H](c2cc(O)cc(-c3ccccc3)c2)[C@@H](C(=O)O)C1.COCCCn1cc(CN(C(=O)[C@H]2CN(C(=O)OC(C)(C)C)CC[C@@H]2c2cc(O)cc(-c3ccccc3)c2)C2CC2)c2c(F)cccc21.COCCCn1cc(CNC2CC2)c2c(F)cccc21. The second-order valence-electron chi connectivity index (χ2n) is 28.1. The number of phenols is 2. The molecule has 0 unspecified atom stereocenters. The minimum Gasteiger partial charge on any atom is -0.508 e. The molecule has 2 saturated carbocycles. The van der Waals surface area contributed by atoms with Crippen molar-refractivity contribution in [3.8, 4) is 33.8 Å². The Kier molecular flexibility index (Phi) is 23.1. The summed E-state index contributed by atoms with van der Waals surface area (Å²) in [5.41, 5.74) is 7.51. The number of rotatable bonds is 20. The summed E-state index contributed by atoms with van der Waals surface area (Å²) in [6.07, 6.45) is 10.1. The lowest BCUT2D eigenvalue weighted by Crippen LogP contribution is -2.51. The van der Waals surface area contributed by atoms with Gasteiger partial charge in [-0.3, -0.25) is 9.59 Å². The van der Waals surface area contributed by atoms with Crippen LogP contribution in [-0.4, -0.2) is 140 Å². The van der Waals surface area contributed by atoms with Gasteiger partial charge in [0.05, 0.1) is 22.9 Å². The Labute approximate surface area is 567 Å². The van der Waals surface area contributed by atoms with Gasteiger partial charge in [0.25, 0.3) is 0 Å². The Morgan fingerprint density at radius 3 is 1.45 bits per heavy atom. The third kappa shape index (κ3) is 18.7. The summed E-state index contributed by atoms with van der Waals surface area (Å²) in [5, 5.41) is 35.7. The molecule has 4 heterocycles. The highest BCUT2D eigenvalue weighted by Crippen LogP contribution is 2.43. The van der Waals surface area contributed by atoms with E-state index in [2.05, 4.69) is 16.1 Å². The lowest BCUT2D eigenvalue weighted by Gasteiger charge is -2.40. The van der Waals surface area contributed by atoms with E-state index in [0.29, 0.717) is 50.5 Å². The quantitative estimate of drug-likeness (QED) is 0.0528. The van der Waals surface area contributed by atoms with Gasteiger partial charge >= 0.3 is 18.2 Å². The number of methoxy groups -OCH3 is 2. The first-order valence-electron chi connectivity index (χ1n) is 34.0. The second kappa shape index (κ2) is 31.6. The van der Waals surface area contributed by atoms with Crippen LogP contribution in [0.1, 0.15) is 127 Å². The molecule has 4 fully saturated rings. The number of aromatic hydroxyl groups is 2. The molecule has 2 aliphatic heterocycles. The largest absolute Gasteiger partial charge is 0.508 e. The van der Waals surface area contributed by atoms with E-state index in [0.717, 1.165) is 106 Å². The summed E-state index contributed by atoms with van der Waals surface area (Å²) < 4.78 is 55.2. The summed E-state index contributed by atoms with van der Waals surface area (Å²) in [7, 11) is 3.37. The van der Waals surface area contributed by atoms with Crippen LogP contribution in [0.2, 0.25) is 0 Å². The molecule has 2 aromatic heterocycles. The van der Waals surface area contributed by atoms with Crippen molar-refractivity contribution in [2.75, 3.05) is 53.6 Å². The lowest BCUT2D eigenvalue weighted by atomic mass is 9.78. The molecule has 2 saturated heterocycles. The number of hydrogen-bond acceptors (Lipinski definition) is 11. The number of carboxylic acids is 1. The first-order valence-corrected chi connectivity index (χ1v) is 34.0. The Morgan fingerprint density at radius 2 is 1.01 bits per heavy atom. The van der Waals surface area contributed by atoms with Gasteiger partial charge in [-0.05, 0) is 192 Å². The van der Waals surface area contributed by atoms with E-state index in [9.17, 15) is 38.9 Å². The van der Waals surface area contributed by atoms with Crippen LogP contribution in [-0.2, 0) is 54.7 Å². The van der Waals surface area contributed by atoms with Crippen molar-refractivity contribution < 1.29 is 62.2 Å². The van der Waals surface area contributed by atoms with Crippen molar-refractivity contribution in [2.24, 2.45) is 11.8 Å². The van der Waals surface area contributed by atoms with Crippen LogP contribution >= 0.6 is 0 Å². The highest BCUT2D eigenvalue weighted by molar-refractivity contribution is 5.87. The number of piperidine rings is 2. The third-order valence-electron chi connectivity index (χ3n) is 18.2. The number of aryl methyl sites for hydroxylation is 2. The van der Waals surface area contributed by atoms with Gasteiger partial charge < -0.3 is 63.4 Å². The number of carboxylic acid groups (broad SMARTS) is 1. The molecular weight excluding hydrogens is 1230 g/mol. The standard InChI is InChI=1S/C39H46FN3O5.C23H27NO5.C16H21FN2O/c1-39(2,3)48-38(46)42-18-16-32(28-20-27(21-31(44)22-28)26-10-6-5-7-11-26)33(25-42)37(45)43(30-14-15-30)24-29-23-41(17-9-19-47-4)35-13-8-12-34(40)36(29)35;1-23(2,3)29-22(28)24-10-9-19(20(14-24)21(26)27)17-11-16(12-18(25)13-17)15-7-5-4-6-8-15;1-20-9-3-8-19-11-12(10-18-13-6-7-13)16-14(17)4-2-5-15(16)19/h5-8,10-13,20-23,30,32-33,44H,9,14-19,24-25H2,1-4H3;4-8,11-13,19-20,25H,9-10,14H2,1-3H3,(H,26,27);2,4-5,11,13,18H,3,6-10H2,1H3/t32-,33+;19-,20+;/m11./s1. The van der Waals surface area contributed by atoms with Gasteiger partial charge in [0.2, 0.25) is 5.91 Å². The number of aliphatic carboxylic acids is 1. The molecule has 0 radical (unpaired) electrons. The van der Waals surface area contributed by atoms with E-state index in [1.807, 2.05) is 121 Å². The molecule has 17 nitrogen and oxygen atoms in total.